The highest BCUT2D eigenvalue weighted by molar-refractivity contribution is 9.10. The normalized spacial score (nSPS) is 10.7. The highest BCUT2D eigenvalue weighted by atomic mass is 79.9. The van der Waals surface area contributed by atoms with Gasteiger partial charge in [-0.2, -0.15) is 0 Å². The summed E-state index contributed by atoms with van der Waals surface area (Å²) in [5, 5.41) is 4.12. The molecule has 0 fully saturated rings. The minimum Gasteiger partial charge on any atom is -0.496 e. The fraction of sp³-hybridized carbons (Fsp3) is 0.308. The lowest BCUT2D eigenvalue weighted by Gasteiger charge is -2.06. The van der Waals surface area contributed by atoms with E-state index in [0.717, 1.165) is 27.5 Å². The summed E-state index contributed by atoms with van der Waals surface area (Å²) in [6.07, 6.45) is 0. The number of ether oxygens (including phenoxy) is 1. The molecule has 1 aromatic heterocycles. The molecule has 0 saturated heterocycles. The van der Waals surface area contributed by atoms with Crippen LogP contribution in [0.1, 0.15) is 10.4 Å². The molecule has 2 aromatic rings. The van der Waals surface area contributed by atoms with Crippen molar-refractivity contribution >= 4 is 27.3 Å². The summed E-state index contributed by atoms with van der Waals surface area (Å²) in [4.78, 5) is 5.76. The zero-order valence-corrected chi connectivity index (χ0v) is 13.0. The van der Waals surface area contributed by atoms with E-state index in [9.17, 15) is 0 Å². The number of methoxy groups -OCH3 is 1. The molecule has 0 aliphatic rings. The zero-order valence-electron chi connectivity index (χ0n) is 10.6. The molecule has 3 nitrogen and oxygen atoms in total. The second kappa shape index (κ2) is 5.82. The largest absolute Gasteiger partial charge is 0.496 e. The first kappa shape index (κ1) is 13.5. The Hall–Kier alpha value is -0.910. The topological polar surface area (TPSA) is 34.1 Å². The van der Waals surface area contributed by atoms with Crippen molar-refractivity contribution in [1.29, 1.82) is 0 Å². The fourth-order valence-corrected chi connectivity index (χ4v) is 3.37. The van der Waals surface area contributed by atoms with E-state index in [1.807, 2.05) is 19.2 Å². The SMILES string of the molecule is CNCc1sc(-c2cc(C)ccc2OC)nc1Br. The Morgan fingerprint density at radius 1 is 1.44 bits per heavy atom. The highest BCUT2D eigenvalue weighted by Crippen LogP contribution is 2.36. The molecule has 5 heteroatoms. The van der Waals surface area contributed by atoms with Crippen molar-refractivity contribution in [2.24, 2.45) is 0 Å². The van der Waals surface area contributed by atoms with Crippen molar-refractivity contribution in [3.8, 4) is 16.3 Å². The van der Waals surface area contributed by atoms with E-state index in [4.69, 9.17) is 4.74 Å². The monoisotopic (exact) mass is 326 g/mol. The van der Waals surface area contributed by atoms with Gasteiger partial charge >= 0.3 is 0 Å². The van der Waals surface area contributed by atoms with E-state index in [2.05, 4.69) is 39.2 Å². The quantitative estimate of drug-likeness (QED) is 0.931. The summed E-state index contributed by atoms with van der Waals surface area (Å²) in [5.74, 6) is 0.859. The van der Waals surface area contributed by atoms with Crippen LogP contribution >= 0.6 is 27.3 Å². The molecule has 0 bridgehead atoms. The van der Waals surface area contributed by atoms with Gasteiger partial charge in [0.2, 0.25) is 0 Å². The van der Waals surface area contributed by atoms with E-state index in [-0.39, 0.29) is 0 Å². The van der Waals surface area contributed by atoms with Crippen LogP contribution in [0.5, 0.6) is 5.75 Å². The Kier molecular flexibility index (Phi) is 4.37. The number of rotatable bonds is 4. The maximum atomic E-state index is 5.40. The van der Waals surface area contributed by atoms with Crippen molar-refractivity contribution in [2.75, 3.05) is 14.2 Å². The molecule has 18 heavy (non-hydrogen) atoms. The van der Waals surface area contributed by atoms with Gasteiger partial charge in [-0.05, 0) is 42.0 Å². The molecule has 2 rings (SSSR count). The minimum atomic E-state index is 0.812. The van der Waals surface area contributed by atoms with Crippen molar-refractivity contribution in [3.63, 3.8) is 0 Å². The first-order valence-corrected chi connectivity index (χ1v) is 7.21. The standard InChI is InChI=1S/C13H15BrN2OS/c1-8-4-5-10(17-3)9(6-8)13-16-12(14)11(18-13)7-15-2/h4-6,15H,7H2,1-3H3. The minimum absolute atomic E-state index is 0.812. The van der Waals surface area contributed by atoms with Crippen LogP contribution in [0.25, 0.3) is 10.6 Å². The van der Waals surface area contributed by atoms with Gasteiger partial charge in [-0.3, -0.25) is 0 Å². The molecule has 0 aliphatic carbocycles. The van der Waals surface area contributed by atoms with Crippen molar-refractivity contribution in [1.82, 2.24) is 10.3 Å². The molecule has 1 aromatic carbocycles. The van der Waals surface area contributed by atoms with Crippen molar-refractivity contribution in [3.05, 3.63) is 33.2 Å². The van der Waals surface area contributed by atoms with Crippen LogP contribution in [0.15, 0.2) is 22.8 Å². The van der Waals surface area contributed by atoms with Crippen LogP contribution in [0.2, 0.25) is 0 Å². The van der Waals surface area contributed by atoms with Crippen LogP contribution in [0.4, 0.5) is 0 Å². The smallest absolute Gasteiger partial charge is 0.129 e. The summed E-state index contributed by atoms with van der Waals surface area (Å²) in [6, 6.07) is 6.13. The summed E-state index contributed by atoms with van der Waals surface area (Å²) >= 11 is 5.17. The molecule has 0 amide bonds. The highest BCUT2D eigenvalue weighted by Gasteiger charge is 2.13. The molecule has 0 aliphatic heterocycles. The number of halogens is 1. The average molecular weight is 327 g/mol. The number of hydrogen-bond acceptors (Lipinski definition) is 4. The number of nitrogens with zero attached hydrogens (tertiary/aromatic N) is 1. The Balaban J connectivity index is 2.47. The van der Waals surface area contributed by atoms with Gasteiger partial charge in [-0.1, -0.05) is 11.6 Å². The summed E-state index contributed by atoms with van der Waals surface area (Å²) in [6.45, 7) is 2.88. The second-order valence-electron chi connectivity index (χ2n) is 3.97. The first-order valence-electron chi connectivity index (χ1n) is 5.60. The third-order valence-corrected chi connectivity index (χ3v) is 4.58. The van der Waals surface area contributed by atoms with Crippen LogP contribution in [0, 0.1) is 6.92 Å². The average Bonchev–Trinajstić information content (AvgIpc) is 2.71. The van der Waals surface area contributed by atoms with Gasteiger partial charge < -0.3 is 10.1 Å². The van der Waals surface area contributed by atoms with E-state index in [1.54, 1.807) is 18.4 Å². The molecule has 0 spiro atoms. The molecule has 1 heterocycles. The molecular weight excluding hydrogens is 312 g/mol. The second-order valence-corrected chi connectivity index (χ2v) is 5.80. The predicted octanol–water partition coefficient (Wildman–Crippen LogP) is 3.61. The summed E-state index contributed by atoms with van der Waals surface area (Å²) < 4.78 is 6.30. The number of hydrogen-bond donors (Lipinski definition) is 1. The molecule has 0 saturated carbocycles. The molecular formula is C13H15BrN2OS. The summed E-state index contributed by atoms with van der Waals surface area (Å²) in [5.41, 5.74) is 2.25. The van der Waals surface area contributed by atoms with Crippen molar-refractivity contribution in [2.45, 2.75) is 13.5 Å². The predicted molar refractivity (Wildman–Crippen MR) is 79.3 cm³/mol. The Labute approximate surface area is 119 Å². The lowest BCUT2D eigenvalue weighted by atomic mass is 10.1. The van der Waals surface area contributed by atoms with Gasteiger partial charge in [0.25, 0.3) is 0 Å². The summed E-state index contributed by atoms with van der Waals surface area (Å²) in [7, 11) is 3.62. The molecule has 0 radical (unpaired) electrons. The van der Waals surface area contributed by atoms with Gasteiger partial charge in [-0.25, -0.2) is 4.98 Å². The maximum Gasteiger partial charge on any atom is 0.129 e. The number of aromatic nitrogens is 1. The lowest BCUT2D eigenvalue weighted by molar-refractivity contribution is 0.416. The Morgan fingerprint density at radius 2 is 2.22 bits per heavy atom. The Morgan fingerprint density at radius 3 is 2.89 bits per heavy atom. The first-order chi connectivity index (χ1) is 8.65. The van der Waals surface area contributed by atoms with Gasteiger partial charge in [0.15, 0.2) is 0 Å². The Bertz CT molecular complexity index is 554. The van der Waals surface area contributed by atoms with Crippen LogP contribution in [-0.4, -0.2) is 19.1 Å². The van der Waals surface area contributed by atoms with E-state index in [1.165, 1.54) is 10.4 Å². The van der Waals surface area contributed by atoms with Gasteiger partial charge in [0, 0.05) is 6.54 Å². The van der Waals surface area contributed by atoms with E-state index >= 15 is 0 Å². The molecule has 1 N–H and O–H groups in total. The van der Waals surface area contributed by atoms with Crippen LogP contribution in [0.3, 0.4) is 0 Å². The number of nitrogens with one attached hydrogen (secondary N) is 1. The van der Waals surface area contributed by atoms with Crippen LogP contribution in [-0.2, 0) is 6.54 Å². The van der Waals surface area contributed by atoms with Gasteiger partial charge in [-0.15, -0.1) is 11.3 Å². The number of aryl methyl sites for hydroxylation is 1. The maximum absolute atomic E-state index is 5.40. The van der Waals surface area contributed by atoms with Crippen LogP contribution < -0.4 is 10.1 Å². The number of benzene rings is 1. The third kappa shape index (κ3) is 2.74. The molecule has 0 atom stereocenters. The van der Waals surface area contributed by atoms with E-state index in [0.29, 0.717) is 0 Å². The van der Waals surface area contributed by atoms with Gasteiger partial charge in [0.1, 0.15) is 15.4 Å². The number of thiazole rings is 1. The third-order valence-electron chi connectivity index (χ3n) is 2.57. The zero-order chi connectivity index (χ0) is 13.1. The van der Waals surface area contributed by atoms with Crippen molar-refractivity contribution < 1.29 is 4.74 Å². The molecule has 96 valence electrons. The molecule has 0 unspecified atom stereocenters. The van der Waals surface area contributed by atoms with E-state index < -0.39 is 0 Å². The fourth-order valence-electron chi connectivity index (χ4n) is 1.71. The van der Waals surface area contributed by atoms with Gasteiger partial charge in [0.05, 0.1) is 17.6 Å². The lowest BCUT2D eigenvalue weighted by Crippen LogP contribution is -2.03.